The highest BCUT2D eigenvalue weighted by Gasteiger charge is 2.35. The summed E-state index contributed by atoms with van der Waals surface area (Å²) in [5.41, 5.74) is 0. The minimum absolute atomic E-state index is 0.0507. The van der Waals surface area contributed by atoms with Crippen molar-refractivity contribution in [3.8, 4) is 0 Å². The average molecular weight is 231 g/mol. The van der Waals surface area contributed by atoms with Gasteiger partial charge in [0.05, 0.1) is 13.2 Å². The van der Waals surface area contributed by atoms with Crippen molar-refractivity contribution in [1.29, 1.82) is 0 Å². The van der Waals surface area contributed by atoms with Crippen LogP contribution in [0.1, 0.15) is 19.8 Å². The molecule has 1 amide bonds. The molecule has 1 aliphatic rings. The van der Waals surface area contributed by atoms with E-state index in [0.717, 1.165) is 6.42 Å². The molecule has 1 heterocycles. The molecule has 1 fully saturated rings. The molecule has 1 aliphatic heterocycles. The minimum atomic E-state index is -0.565. The van der Waals surface area contributed by atoms with Gasteiger partial charge in [-0.05, 0) is 19.8 Å². The summed E-state index contributed by atoms with van der Waals surface area (Å²) in [7, 11) is 0. The van der Waals surface area contributed by atoms with Crippen LogP contribution >= 0.6 is 0 Å². The summed E-state index contributed by atoms with van der Waals surface area (Å²) in [4.78, 5) is 24.4. The van der Waals surface area contributed by atoms with Crippen LogP contribution in [0, 0.1) is 0 Å². The minimum Gasteiger partial charge on any atom is -0.464 e. The van der Waals surface area contributed by atoms with Crippen molar-refractivity contribution in [2.75, 3.05) is 26.4 Å². The first-order valence-corrected chi connectivity index (χ1v) is 5.41. The molecule has 0 aromatic carbocycles. The number of aliphatic hydroxyl groups excluding tert-OH is 1. The second-order valence-electron chi connectivity index (χ2n) is 3.44. The molecular weight excluding hydrogens is 214 g/mol. The highest BCUT2D eigenvalue weighted by Crippen LogP contribution is 2.19. The smallest absolute Gasteiger partial charge is 0.410 e. The molecule has 1 unspecified atom stereocenters. The molecule has 92 valence electrons. The summed E-state index contributed by atoms with van der Waals surface area (Å²) in [5.74, 6) is -0.388. The lowest BCUT2D eigenvalue weighted by molar-refractivity contribution is -0.147. The zero-order valence-electron chi connectivity index (χ0n) is 9.35. The summed E-state index contributed by atoms with van der Waals surface area (Å²) >= 11 is 0. The van der Waals surface area contributed by atoms with E-state index in [1.54, 1.807) is 6.92 Å². The summed E-state index contributed by atoms with van der Waals surface area (Å²) in [5, 5.41) is 8.53. The molecule has 1 N–H and O–H groups in total. The highest BCUT2D eigenvalue weighted by atomic mass is 16.6. The van der Waals surface area contributed by atoms with Crippen LogP contribution in [0.4, 0.5) is 4.79 Å². The van der Waals surface area contributed by atoms with Crippen molar-refractivity contribution >= 4 is 12.1 Å². The first-order valence-electron chi connectivity index (χ1n) is 5.41. The molecule has 1 rings (SSSR count). The van der Waals surface area contributed by atoms with Gasteiger partial charge in [0.1, 0.15) is 12.6 Å². The molecule has 1 atom stereocenters. The van der Waals surface area contributed by atoms with Crippen molar-refractivity contribution in [3.05, 3.63) is 0 Å². The molecule has 0 bridgehead atoms. The van der Waals surface area contributed by atoms with Crippen LogP contribution in [0.25, 0.3) is 0 Å². The van der Waals surface area contributed by atoms with Gasteiger partial charge in [-0.15, -0.1) is 0 Å². The monoisotopic (exact) mass is 231 g/mol. The van der Waals surface area contributed by atoms with Gasteiger partial charge in [0, 0.05) is 6.54 Å². The van der Waals surface area contributed by atoms with Crippen LogP contribution in [0.3, 0.4) is 0 Å². The van der Waals surface area contributed by atoms with Crippen molar-refractivity contribution in [1.82, 2.24) is 4.90 Å². The second kappa shape index (κ2) is 6.32. The van der Waals surface area contributed by atoms with E-state index in [2.05, 4.69) is 0 Å². The molecule has 0 saturated carbocycles. The Labute approximate surface area is 94.1 Å². The zero-order chi connectivity index (χ0) is 12.0. The number of likely N-dealkylation sites (tertiary alicyclic amines) is 1. The van der Waals surface area contributed by atoms with Gasteiger partial charge in [0.15, 0.2) is 0 Å². The van der Waals surface area contributed by atoms with Crippen LogP contribution in [0.2, 0.25) is 0 Å². The molecule has 1 saturated heterocycles. The molecule has 0 radical (unpaired) electrons. The van der Waals surface area contributed by atoms with Crippen LogP contribution in [0.15, 0.2) is 0 Å². The first-order chi connectivity index (χ1) is 7.70. The number of hydrogen-bond acceptors (Lipinski definition) is 5. The number of rotatable bonds is 4. The zero-order valence-corrected chi connectivity index (χ0v) is 9.35. The summed E-state index contributed by atoms with van der Waals surface area (Å²) in [6.45, 7) is 2.25. The van der Waals surface area contributed by atoms with Crippen molar-refractivity contribution in [2.24, 2.45) is 0 Å². The van der Waals surface area contributed by atoms with Gasteiger partial charge in [-0.25, -0.2) is 9.59 Å². The van der Waals surface area contributed by atoms with Crippen LogP contribution in [-0.2, 0) is 14.3 Å². The van der Waals surface area contributed by atoms with E-state index in [4.69, 9.17) is 14.6 Å². The lowest BCUT2D eigenvalue weighted by atomic mass is 10.2. The van der Waals surface area contributed by atoms with Crippen molar-refractivity contribution in [3.63, 3.8) is 0 Å². The van der Waals surface area contributed by atoms with Gasteiger partial charge in [-0.2, -0.15) is 0 Å². The van der Waals surface area contributed by atoms with Gasteiger partial charge < -0.3 is 14.6 Å². The Morgan fingerprint density at radius 3 is 2.81 bits per heavy atom. The fourth-order valence-electron chi connectivity index (χ4n) is 1.68. The fraction of sp³-hybridized carbons (Fsp3) is 0.800. The third-order valence-corrected chi connectivity index (χ3v) is 2.36. The topological polar surface area (TPSA) is 76.1 Å². The van der Waals surface area contributed by atoms with E-state index in [0.29, 0.717) is 19.6 Å². The maximum Gasteiger partial charge on any atom is 0.410 e. The SMILES string of the molecule is CCOC(=O)C1CCCN1C(=O)OCCO. The number of carbonyl (C=O) groups is 2. The number of nitrogens with zero attached hydrogens (tertiary/aromatic N) is 1. The second-order valence-corrected chi connectivity index (χ2v) is 3.44. The molecule has 0 aromatic heterocycles. The maximum absolute atomic E-state index is 11.5. The Morgan fingerprint density at radius 1 is 1.44 bits per heavy atom. The normalized spacial score (nSPS) is 19.6. The highest BCUT2D eigenvalue weighted by molar-refractivity contribution is 5.82. The van der Waals surface area contributed by atoms with Gasteiger partial charge in [0.25, 0.3) is 0 Å². The van der Waals surface area contributed by atoms with Gasteiger partial charge >= 0.3 is 12.1 Å². The van der Waals surface area contributed by atoms with E-state index in [-0.39, 0.29) is 19.2 Å². The van der Waals surface area contributed by atoms with E-state index in [1.165, 1.54) is 4.90 Å². The maximum atomic E-state index is 11.5. The van der Waals surface area contributed by atoms with Gasteiger partial charge in [-0.3, -0.25) is 4.90 Å². The molecule has 6 heteroatoms. The van der Waals surface area contributed by atoms with E-state index >= 15 is 0 Å². The molecular formula is C10H17NO5. The Bertz CT molecular complexity index is 256. The number of hydrogen-bond donors (Lipinski definition) is 1. The number of carbonyl (C=O) groups excluding carboxylic acids is 2. The largest absolute Gasteiger partial charge is 0.464 e. The number of aliphatic hydroxyl groups is 1. The predicted octanol–water partition coefficient (Wildman–Crippen LogP) is 0.143. The molecule has 0 spiro atoms. The fourth-order valence-corrected chi connectivity index (χ4v) is 1.68. The third kappa shape index (κ3) is 3.10. The number of esters is 1. The lowest BCUT2D eigenvalue weighted by Crippen LogP contribution is -2.42. The molecule has 0 aromatic rings. The summed E-state index contributed by atoms with van der Waals surface area (Å²) in [6, 6.07) is -0.536. The Morgan fingerprint density at radius 2 is 2.19 bits per heavy atom. The van der Waals surface area contributed by atoms with Crippen LogP contribution in [-0.4, -0.2) is 54.5 Å². The van der Waals surface area contributed by atoms with Gasteiger partial charge in [-0.1, -0.05) is 0 Å². The van der Waals surface area contributed by atoms with E-state index in [9.17, 15) is 9.59 Å². The lowest BCUT2D eigenvalue weighted by Gasteiger charge is -2.22. The van der Waals surface area contributed by atoms with Crippen LogP contribution in [0.5, 0.6) is 0 Å². The number of ether oxygens (including phenoxy) is 2. The van der Waals surface area contributed by atoms with E-state index < -0.39 is 12.1 Å². The molecule has 16 heavy (non-hydrogen) atoms. The molecule has 0 aliphatic carbocycles. The van der Waals surface area contributed by atoms with Crippen molar-refractivity contribution in [2.45, 2.75) is 25.8 Å². The van der Waals surface area contributed by atoms with Crippen LogP contribution < -0.4 is 0 Å². The average Bonchev–Trinajstić information content (AvgIpc) is 2.75. The standard InChI is InChI=1S/C10H17NO5/c1-2-15-9(13)8-4-3-5-11(8)10(14)16-7-6-12/h8,12H,2-7H2,1H3. The Balaban J connectivity index is 2.51. The third-order valence-electron chi connectivity index (χ3n) is 2.36. The quantitative estimate of drug-likeness (QED) is 0.697. The number of amides is 1. The Hall–Kier alpha value is -1.30. The van der Waals surface area contributed by atoms with Crippen molar-refractivity contribution < 1.29 is 24.2 Å². The van der Waals surface area contributed by atoms with E-state index in [1.807, 2.05) is 0 Å². The Kier molecular flexibility index (Phi) is 5.04. The van der Waals surface area contributed by atoms with Gasteiger partial charge in [0.2, 0.25) is 0 Å². The first kappa shape index (κ1) is 12.8. The summed E-state index contributed by atoms with van der Waals surface area (Å²) in [6.07, 6.45) is 0.801. The predicted molar refractivity (Wildman–Crippen MR) is 54.8 cm³/mol. The summed E-state index contributed by atoms with van der Waals surface area (Å²) < 4.78 is 9.64. The molecule has 6 nitrogen and oxygen atoms in total.